The number of hydrogen-bond donors (Lipinski definition) is 2. The van der Waals surface area contributed by atoms with E-state index in [1.54, 1.807) is 13.0 Å². The molecule has 0 aliphatic rings. The molecule has 5 nitrogen and oxygen atoms in total. The summed E-state index contributed by atoms with van der Waals surface area (Å²) in [4.78, 5) is 3.55. The molecule has 0 bridgehead atoms. The maximum Gasteiger partial charge on any atom is 0.264 e. The zero-order valence-corrected chi connectivity index (χ0v) is 14.7. The molecular formula is C12H10Br2FN3O2S. The van der Waals surface area contributed by atoms with Crippen molar-refractivity contribution < 1.29 is 12.8 Å². The first-order chi connectivity index (χ1) is 9.70. The third-order valence-corrected chi connectivity index (χ3v) is 5.15. The molecule has 1 aromatic heterocycles. The Morgan fingerprint density at radius 3 is 2.57 bits per heavy atom. The summed E-state index contributed by atoms with van der Waals surface area (Å²) in [6.45, 7) is 1.63. The monoisotopic (exact) mass is 437 g/mol. The molecule has 2 aromatic rings. The van der Waals surface area contributed by atoms with Gasteiger partial charge in [-0.2, -0.15) is 0 Å². The van der Waals surface area contributed by atoms with Crippen LogP contribution in [0.5, 0.6) is 0 Å². The minimum absolute atomic E-state index is 0.127. The molecule has 1 aromatic carbocycles. The van der Waals surface area contributed by atoms with E-state index in [1.807, 2.05) is 0 Å². The van der Waals surface area contributed by atoms with Crippen molar-refractivity contribution in [3.63, 3.8) is 0 Å². The quantitative estimate of drug-likeness (QED) is 0.567. The lowest BCUT2D eigenvalue weighted by atomic mass is 10.3. The van der Waals surface area contributed by atoms with Crippen molar-refractivity contribution in [3.05, 3.63) is 44.9 Å². The van der Waals surface area contributed by atoms with Crippen LogP contribution in [-0.4, -0.2) is 13.4 Å². The van der Waals surface area contributed by atoms with Gasteiger partial charge in [0.15, 0.2) is 0 Å². The van der Waals surface area contributed by atoms with Crippen molar-refractivity contribution in [2.45, 2.75) is 11.8 Å². The number of aromatic nitrogens is 1. The van der Waals surface area contributed by atoms with Crippen LogP contribution in [-0.2, 0) is 10.0 Å². The van der Waals surface area contributed by atoms with E-state index in [1.165, 1.54) is 6.07 Å². The zero-order valence-electron chi connectivity index (χ0n) is 10.7. The molecule has 0 saturated carbocycles. The van der Waals surface area contributed by atoms with Crippen molar-refractivity contribution in [3.8, 4) is 0 Å². The summed E-state index contributed by atoms with van der Waals surface area (Å²) in [7, 11) is -4.10. The van der Waals surface area contributed by atoms with E-state index in [2.05, 4.69) is 41.6 Å². The number of nitrogens with one attached hydrogen (secondary N) is 1. The molecule has 112 valence electrons. The Morgan fingerprint density at radius 2 is 1.95 bits per heavy atom. The molecule has 9 heteroatoms. The zero-order chi connectivity index (χ0) is 15.8. The van der Waals surface area contributed by atoms with Gasteiger partial charge in [-0.1, -0.05) is 0 Å². The highest BCUT2D eigenvalue weighted by Crippen LogP contribution is 2.28. The Balaban J connectivity index is 2.46. The normalized spacial score (nSPS) is 11.4. The van der Waals surface area contributed by atoms with Gasteiger partial charge in [0.25, 0.3) is 10.0 Å². The van der Waals surface area contributed by atoms with Gasteiger partial charge in [0, 0.05) is 10.2 Å². The van der Waals surface area contributed by atoms with Crippen molar-refractivity contribution in [2.24, 2.45) is 0 Å². The number of nitrogens with two attached hydrogens (primary N) is 1. The second-order valence-corrected chi connectivity index (χ2v) is 7.49. The molecule has 0 atom stereocenters. The smallest absolute Gasteiger partial charge is 0.264 e. The molecule has 1 heterocycles. The minimum Gasteiger partial charge on any atom is -0.398 e. The van der Waals surface area contributed by atoms with Crippen LogP contribution < -0.4 is 10.5 Å². The van der Waals surface area contributed by atoms with Crippen molar-refractivity contribution in [1.29, 1.82) is 0 Å². The summed E-state index contributed by atoms with van der Waals surface area (Å²) >= 11 is 6.22. The number of nitrogen functional groups attached to an aromatic ring is 1. The number of anilines is 2. The maximum atomic E-state index is 13.9. The van der Waals surface area contributed by atoms with Gasteiger partial charge in [-0.05, 0) is 63.0 Å². The fourth-order valence-corrected chi connectivity index (χ4v) is 3.52. The van der Waals surface area contributed by atoms with Crippen LogP contribution in [0.4, 0.5) is 15.8 Å². The molecule has 0 unspecified atom stereocenters. The number of nitrogens with zero attached hydrogens (tertiary/aromatic N) is 1. The molecular weight excluding hydrogens is 429 g/mol. The first-order valence-corrected chi connectivity index (χ1v) is 8.68. The molecule has 0 amide bonds. The predicted molar refractivity (Wildman–Crippen MR) is 86.0 cm³/mol. The van der Waals surface area contributed by atoms with Crippen LogP contribution in [0.15, 0.2) is 38.2 Å². The summed E-state index contributed by atoms with van der Waals surface area (Å²) in [5, 5.41) is 0. The van der Waals surface area contributed by atoms with Crippen LogP contribution in [0.25, 0.3) is 0 Å². The predicted octanol–water partition coefficient (Wildman–Crippen LogP) is 3.44. The van der Waals surface area contributed by atoms with E-state index in [0.29, 0.717) is 14.8 Å². The summed E-state index contributed by atoms with van der Waals surface area (Å²) in [6, 6.07) is 5.18. The van der Waals surface area contributed by atoms with Crippen LogP contribution in [0.1, 0.15) is 5.69 Å². The number of sulfonamides is 1. The molecule has 21 heavy (non-hydrogen) atoms. The van der Waals surface area contributed by atoms with Crippen molar-refractivity contribution >= 4 is 53.3 Å². The van der Waals surface area contributed by atoms with Gasteiger partial charge in [-0.25, -0.2) is 17.8 Å². The molecule has 0 fully saturated rings. The van der Waals surface area contributed by atoms with Crippen LogP contribution in [0, 0.1) is 12.7 Å². The van der Waals surface area contributed by atoms with Gasteiger partial charge >= 0.3 is 0 Å². The largest absolute Gasteiger partial charge is 0.398 e. The second-order valence-electron chi connectivity index (χ2n) is 4.18. The average molecular weight is 439 g/mol. The average Bonchev–Trinajstić information content (AvgIpc) is 2.37. The Hall–Kier alpha value is -1.19. The van der Waals surface area contributed by atoms with Gasteiger partial charge in [0.05, 0.1) is 11.4 Å². The Labute approximate surface area is 138 Å². The number of hydrogen-bond acceptors (Lipinski definition) is 4. The highest BCUT2D eigenvalue weighted by molar-refractivity contribution is 9.10. The van der Waals surface area contributed by atoms with Crippen LogP contribution >= 0.6 is 31.9 Å². The number of pyridine rings is 1. The second kappa shape index (κ2) is 5.90. The maximum absolute atomic E-state index is 13.9. The van der Waals surface area contributed by atoms with E-state index in [0.717, 1.165) is 12.1 Å². The lowest BCUT2D eigenvalue weighted by Gasteiger charge is -2.12. The van der Waals surface area contributed by atoms with Gasteiger partial charge < -0.3 is 5.73 Å². The van der Waals surface area contributed by atoms with Gasteiger partial charge in [0.2, 0.25) is 0 Å². The Kier molecular flexibility index (Phi) is 4.54. The standard InChI is InChI=1S/C12H10Br2FN3O2S/c1-6-10(2-3-12(14)17-6)18-21(19,20)11-5-9(16)7(13)4-8(11)15/h2-5,18H,16H2,1H3. The summed E-state index contributed by atoms with van der Waals surface area (Å²) in [6.07, 6.45) is 0. The molecule has 2 rings (SSSR count). The van der Waals surface area contributed by atoms with Crippen molar-refractivity contribution in [1.82, 2.24) is 4.98 Å². The molecule has 0 aliphatic carbocycles. The van der Waals surface area contributed by atoms with E-state index in [-0.39, 0.29) is 11.4 Å². The number of halogens is 3. The first kappa shape index (κ1) is 16.2. The number of aryl methyl sites for hydroxylation is 1. The SMILES string of the molecule is Cc1nc(Br)ccc1NS(=O)(=O)c1cc(N)c(Br)cc1F. The highest BCUT2D eigenvalue weighted by atomic mass is 79.9. The number of benzene rings is 1. The molecule has 0 aliphatic heterocycles. The Morgan fingerprint density at radius 1 is 1.29 bits per heavy atom. The van der Waals surface area contributed by atoms with E-state index in [4.69, 9.17) is 5.73 Å². The molecule has 0 spiro atoms. The fourth-order valence-electron chi connectivity index (χ4n) is 1.59. The number of rotatable bonds is 3. The summed E-state index contributed by atoms with van der Waals surface area (Å²) < 4.78 is 41.5. The van der Waals surface area contributed by atoms with E-state index >= 15 is 0 Å². The Bertz CT molecular complexity index is 812. The lowest BCUT2D eigenvalue weighted by Crippen LogP contribution is -2.16. The minimum atomic E-state index is -4.10. The lowest BCUT2D eigenvalue weighted by molar-refractivity contribution is 0.570. The van der Waals surface area contributed by atoms with Gasteiger partial charge in [-0.15, -0.1) is 0 Å². The van der Waals surface area contributed by atoms with Crippen molar-refractivity contribution in [2.75, 3.05) is 10.5 Å². The molecule has 3 N–H and O–H groups in total. The van der Waals surface area contributed by atoms with E-state index in [9.17, 15) is 12.8 Å². The molecule has 0 saturated heterocycles. The summed E-state index contributed by atoms with van der Waals surface area (Å²) in [5.41, 5.74) is 6.45. The van der Waals surface area contributed by atoms with Crippen LogP contribution in [0.2, 0.25) is 0 Å². The van der Waals surface area contributed by atoms with Gasteiger partial charge in [-0.3, -0.25) is 4.72 Å². The van der Waals surface area contributed by atoms with E-state index < -0.39 is 20.7 Å². The fraction of sp³-hybridized carbons (Fsp3) is 0.0833. The van der Waals surface area contributed by atoms with Gasteiger partial charge in [0.1, 0.15) is 15.3 Å². The van der Waals surface area contributed by atoms with Crippen LogP contribution in [0.3, 0.4) is 0 Å². The highest BCUT2D eigenvalue weighted by Gasteiger charge is 2.21. The third-order valence-electron chi connectivity index (χ3n) is 2.64. The molecule has 0 radical (unpaired) electrons. The first-order valence-electron chi connectivity index (χ1n) is 5.61. The topological polar surface area (TPSA) is 85.1 Å². The third kappa shape index (κ3) is 3.53. The summed E-state index contributed by atoms with van der Waals surface area (Å²) in [5.74, 6) is -0.897.